The van der Waals surface area contributed by atoms with Gasteiger partial charge in [0.2, 0.25) is 17.7 Å². The molecule has 2 rings (SSSR count). The first-order valence-electron chi connectivity index (χ1n) is 11.5. The average Bonchev–Trinajstić information content (AvgIpc) is 2.77. The summed E-state index contributed by atoms with van der Waals surface area (Å²) in [5, 5.41) is 8.41. The van der Waals surface area contributed by atoms with E-state index in [9.17, 15) is 19.3 Å². The lowest BCUT2D eigenvalue weighted by Crippen LogP contribution is -2.47. The Kier molecular flexibility index (Phi) is 9.81. The first-order chi connectivity index (χ1) is 15.2. The lowest BCUT2D eigenvalue weighted by atomic mass is 9.93. The summed E-state index contributed by atoms with van der Waals surface area (Å²) in [5.41, 5.74) is 0.718. The second kappa shape index (κ2) is 12.3. The van der Waals surface area contributed by atoms with Gasteiger partial charge in [0.05, 0.1) is 0 Å². The Bertz CT molecular complexity index is 777. The fourth-order valence-corrected chi connectivity index (χ4v) is 4.13. The highest BCUT2D eigenvalue weighted by Gasteiger charge is 2.31. The number of nitroso groups, excluding NO2 is 1. The molecule has 1 aliphatic rings. The molecule has 1 unspecified atom stereocenters. The normalized spacial score (nSPS) is 17.2. The number of hydrogen-bond donors (Lipinski definition) is 2. The van der Waals surface area contributed by atoms with Crippen LogP contribution in [0.4, 0.5) is 0 Å². The number of amides is 3. The minimum atomic E-state index is -0.997. The van der Waals surface area contributed by atoms with Crippen molar-refractivity contribution >= 4 is 17.7 Å². The van der Waals surface area contributed by atoms with Crippen LogP contribution in [-0.4, -0.2) is 47.8 Å². The van der Waals surface area contributed by atoms with Crippen LogP contribution in [0, 0.1) is 10.8 Å². The Morgan fingerprint density at radius 3 is 2.22 bits per heavy atom. The van der Waals surface area contributed by atoms with Crippen molar-refractivity contribution in [2.75, 3.05) is 7.05 Å². The summed E-state index contributed by atoms with van der Waals surface area (Å²) in [6.07, 6.45) is 5.34. The molecule has 176 valence electrons. The minimum Gasteiger partial charge on any atom is -0.351 e. The molecule has 0 aliphatic heterocycles. The second-order valence-electron chi connectivity index (χ2n) is 9.06. The number of hydrogen-bond acceptors (Lipinski definition) is 5. The minimum absolute atomic E-state index is 0.0147. The van der Waals surface area contributed by atoms with E-state index in [1.54, 1.807) is 25.7 Å². The van der Waals surface area contributed by atoms with Crippen molar-refractivity contribution in [3.63, 3.8) is 0 Å². The van der Waals surface area contributed by atoms with Crippen molar-refractivity contribution in [3.8, 4) is 0 Å². The predicted octanol–water partition coefficient (Wildman–Crippen LogP) is 3.32. The number of nitrogens with one attached hydrogen (secondary N) is 2. The lowest BCUT2D eigenvalue weighted by molar-refractivity contribution is -0.138. The fraction of sp³-hybridized carbons (Fsp3) is 0.625. The van der Waals surface area contributed by atoms with Crippen molar-refractivity contribution in [3.05, 3.63) is 40.8 Å². The van der Waals surface area contributed by atoms with Crippen molar-refractivity contribution in [1.82, 2.24) is 15.5 Å². The van der Waals surface area contributed by atoms with E-state index in [4.69, 9.17) is 0 Å². The van der Waals surface area contributed by atoms with Crippen LogP contribution in [0.2, 0.25) is 0 Å². The number of nitrogens with zero attached hydrogens (tertiary/aromatic N) is 2. The van der Waals surface area contributed by atoms with Gasteiger partial charge in [-0.25, -0.2) is 0 Å². The van der Waals surface area contributed by atoms with Gasteiger partial charge in [-0.05, 0) is 31.2 Å². The van der Waals surface area contributed by atoms with Crippen LogP contribution in [0.5, 0.6) is 0 Å². The van der Waals surface area contributed by atoms with Gasteiger partial charge in [-0.3, -0.25) is 14.4 Å². The lowest BCUT2D eigenvalue weighted by Gasteiger charge is -2.34. The number of rotatable bonds is 10. The number of carbonyl (C=O) groups excluding carboxylic acids is 3. The molecule has 3 amide bonds. The standard InChI is InChI=1S/C24H36N4O4/c1-16(2)21(27-32)23(30)25-17(3)15-20(29)26-22(18-11-7-5-8-12-18)24(31)28(4)19-13-9-6-10-14-19/h5,7-8,11-12,16-17,19,21-22H,6,9-10,13-15H2,1-4H3,(H,25,30)(H,26,29)/t17?,21-,22-/m0/s1. The highest BCUT2D eigenvalue weighted by molar-refractivity contribution is 5.89. The third-order valence-electron chi connectivity index (χ3n) is 6.05. The fourth-order valence-electron chi connectivity index (χ4n) is 4.13. The van der Waals surface area contributed by atoms with Crippen molar-refractivity contribution in [2.45, 2.75) is 83.5 Å². The zero-order valence-electron chi connectivity index (χ0n) is 19.5. The second-order valence-corrected chi connectivity index (χ2v) is 9.06. The number of benzene rings is 1. The molecule has 0 radical (unpaired) electrons. The van der Waals surface area contributed by atoms with Gasteiger partial charge in [0.1, 0.15) is 6.04 Å². The first kappa shape index (κ1) is 25.5. The van der Waals surface area contributed by atoms with Crippen LogP contribution in [0.25, 0.3) is 0 Å². The van der Waals surface area contributed by atoms with E-state index >= 15 is 0 Å². The van der Waals surface area contributed by atoms with Gasteiger partial charge in [-0.1, -0.05) is 68.6 Å². The Balaban J connectivity index is 2.05. The molecule has 32 heavy (non-hydrogen) atoms. The molecule has 0 spiro atoms. The maximum atomic E-state index is 13.3. The van der Waals surface area contributed by atoms with Crippen molar-refractivity contribution < 1.29 is 14.4 Å². The molecule has 0 aromatic heterocycles. The largest absolute Gasteiger partial charge is 0.351 e. The smallest absolute Gasteiger partial charge is 0.249 e. The van der Waals surface area contributed by atoms with E-state index in [0.29, 0.717) is 0 Å². The molecule has 3 atom stereocenters. The first-order valence-corrected chi connectivity index (χ1v) is 11.5. The maximum Gasteiger partial charge on any atom is 0.249 e. The predicted molar refractivity (Wildman–Crippen MR) is 124 cm³/mol. The van der Waals surface area contributed by atoms with E-state index < -0.39 is 24.0 Å². The van der Waals surface area contributed by atoms with E-state index in [1.165, 1.54) is 6.42 Å². The Labute approximate surface area is 190 Å². The molecule has 1 fully saturated rings. The van der Waals surface area contributed by atoms with Crippen LogP contribution in [0.3, 0.4) is 0 Å². The third-order valence-corrected chi connectivity index (χ3v) is 6.05. The van der Waals surface area contributed by atoms with Gasteiger partial charge in [-0.2, -0.15) is 0 Å². The van der Waals surface area contributed by atoms with Crippen LogP contribution >= 0.6 is 0 Å². The summed E-state index contributed by atoms with van der Waals surface area (Å²) >= 11 is 0. The molecule has 0 heterocycles. The van der Waals surface area contributed by atoms with Crippen molar-refractivity contribution in [2.24, 2.45) is 11.1 Å². The molecular formula is C24H36N4O4. The van der Waals surface area contributed by atoms with E-state index in [-0.39, 0.29) is 30.2 Å². The SMILES string of the molecule is CC(CC(=O)N[C@H](C(=O)N(C)C1CCCCC1)c1ccccc1)NC(=O)[C@@H](N=O)C(C)C. The van der Waals surface area contributed by atoms with Crippen LogP contribution in [0.1, 0.15) is 70.9 Å². The van der Waals surface area contributed by atoms with E-state index in [1.807, 2.05) is 37.4 Å². The van der Waals surface area contributed by atoms with Gasteiger partial charge >= 0.3 is 0 Å². The van der Waals surface area contributed by atoms with E-state index in [0.717, 1.165) is 31.2 Å². The molecule has 1 aliphatic carbocycles. The third kappa shape index (κ3) is 7.14. The molecule has 0 saturated heterocycles. The van der Waals surface area contributed by atoms with Crippen LogP contribution in [-0.2, 0) is 14.4 Å². The van der Waals surface area contributed by atoms with Gasteiger partial charge in [0.15, 0.2) is 6.04 Å². The summed E-state index contributed by atoms with van der Waals surface area (Å²) in [7, 11) is 1.81. The molecule has 8 heteroatoms. The van der Waals surface area contributed by atoms with Gasteiger partial charge in [-0.15, -0.1) is 4.91 Å². The highest BCUT2D eigenvalue weighted by Crippen LogP contribution is 2.25. The summed E-state index contributed by atoms with van der Waals surface area (Å²) in [6.45, 7) is 5.16. The topological polar surface area (TPSA) is 108 Å². The molecule has 1 saturated carbocycles. The van der Waals surface area contributed by atoms with E-state index in [2.05, 4.69) is 15.8 Å². The maximum absolute atomic E-state index is 13.3. The molecule has 0 bridgehead atoms. The zero-order valence-corrected chi connectivity index (χ0v) is 19.5. The Morgan fingerprint density at radius 1 is 1.03 bits per heavy atom. The van der Waals surface area contributed by atoms with Crippen LogP contribution in [0.15, 0.2) is 35.5 Å². The quantitative estimate of drug-likeness (QED) is 0.540. The van der Waals surface area contributed by atoms with Gasteiger partial charge in [0, 0.05) is 25.6 Å². The highest BCUT2D eigenvalue weighted by atomic mass is 16.3. The van der Waals surface area contributed by atoms with Crippen LogP contribution < -0.4 is 10.6 Å². The summed E-state index contributed by atoms with van der Waals surface area (Å²) in [4.78, 5) is 51.0. The van der Waals surface area contributed by atoms with Crippen molar-refractivity contribution in [1.29, 1.82) is 0 Å². The zero-order chi connectivity index (χ0) is 23.7. The number of likely N-dealkylation sites (N-methyl/N-ethyl adjacent to an activating group) is 1. The average molecular weight is 445 g/mol. The molecule has 1 aromatic rings. The molecular weight excluding hydrogens is 408 g/mol. The number of carbonyl (C=O) groups is 3. The monoisotopic (exact) mass is 444 g/mol. The molecule has 2 N–H and O–H groups in total. The Morgan fingerprint density at radius 2 is 1.66 bits per heavy atom. The summed E-state index contributed by atoms with van der Waals surface area (Å²) in [6, 6.07) is 7.07. The Hall–Kier alpha value is -2.77. The summed E-state index contributed by atoms with van der Waals surface area (Å²) < 4.78 is 0. The molecule has 1 aromatic carbocycles. The van der Waals surface area contributed by atoms with Gasteiger partial charge in [0.25, 0.3) is 0 Å². The summed E-state index contributed by atoms with van der Waals surface area (Å²) in [5.74, 6) is -1.22. The van der Waals surface area contributed by atoms with Gasteiger partial charge < -0.3 is 15.5 Å². The molecule has 8 nitrogen and oxygen atoms in total.